The predicted octanol–water partition coefficient (Wildman–Crippen LogP) is 2.61. The third kappa shape index (κ3) is 3.58. The van der Waals surface area contributed by atoms with Crippen LogP contribution in [0.1, 0.15) is 17.1 Å². The molecule has 0 fully saturated rings. The molecule has 0 unspecified atom stereocenters. The molecule has 0 saturated heterocycles. The van der Waals surface area contributed by atoms with Gasteiger partial charge < -0.3 is 8.98 Å². The summed E-state index contributed by atoms with van der Waals surface area (Å²) in [6.07, 6.45) is 7.25. The highest BCUT2D eigenvalue weighted by molar-refractivity contribution is 5.06. The Kier molecular flexibility index (Phi) is 4.12. The Labute approximate surface area is 123 Å². The SMILES string of the molecule is Cn1cncc1CN(Cc1ccccn1)Cc1ccco1. The maximum absolute atomic E-state index is 5.47. The maximum atomic E-state index is 5.47. The number of hydrogen-bond acceptors (Lipinski definition) is 4. The number of nitrogens with zero attached hydrogens (tertiary/aromatic N) is 4. The third-order valence-electron chi connectivity index (χ3n) is 3.37. The molecule has 5 nitrogen and oxygen atoms in total. The van der Waals surface area contributed by atoms with Crippen LogP contribution in [-0.2, 0) is 26.7 Å². The first-order chi connectivity index (χ1) is 10.3. The van der Waals surface area contributed by atoms with Crippen LogP contribution in [0, 0.1) is 0 Å². The number of imidazole rings is 1. The van der Waals surface area contributed by atoms with Crippen molar-refractivity contribution in [1.82, 2.24) is 19.4 Å². The molecule has 0 N–H and O–H groups in total. The van der Waals surface area contributed by atoms with E-state index in [2.05, 4.69) is 14.9 Å². The molecule has 3 aromatic rings. The Morgan fingerprint density at radius 2 is 2.10 bits per heavy atom. The molecule has 0 aliphatic rings. The lowest BCUT2D eigenvalue weighted by atomic mass is 10.3. The van der Waals surface area contributed by atoms with E-state index >= 15 is 0 Å². The second kappa shape index (κ2) is 6.37. The van der Waals surface area contributed by atoms with Gasteiger partial charge in [0.15, 0.2) is 0 Å². The molecule has 21 heavy (non-hydrogen) atoms. The van der Waals surface area contributed by atoms with Crippen LogP contribution in [-0.4, -0.2) is 19.4 Å². The molecule has 0 atom stereocenters. The average Bonchev–Trinajstić information content (AvgIpc) is 3.13. The van der Waals surface area contributed by atoms with Gasteiger partial charge in [0.25, 0.3) is 0 Å². The van der Waals surface area contributed by atoms with Crippen molar-refractivity contribution >= 4 is 0 Å². The summed E-state index contributed by atoms with van der Waals surface area (Å²) >= 11 is 0. The average molecular weight is 282 g/mol. The molecule has 0 aliphatic carbocycles. The molecule has 0 bridgehead atoms. The Balaban J connectivity index is 1.75. The van der Waals surface area contributed by atoms with E-state index in [1.165, 1.54) is 0 Å². The lowest BCUT2D eigenvalue weighted by Crippen LogP contribution is -2.23. The highest BCUT2D eigenvalue weighted by atomic mass is 16.3. The number of aryl methyl sites for hydroxylation is 1. The number of furan rings is 1. The summed E-state index contributed by atoms with van der Waals surface area (Å²) in [6, 6.07) is 9.89. The topological polar surface area (TPSA) is 47.1 Å². The summed E-state index contributed by atoms with van der Waals surface area (Å²) < 4.78 is 7.50. The normalized spacial score (nSPS) is 11.1. The number of rotatable bonds is 6. The van der Waals surface area contributed by atoms with Gasteiger partial charge in [-0.1, -0.05) is 6.07 Å². The van der Waals surface area contributed by atoms with E-state index in [1.807, 2.05) is 60.7 Å². The summed E-state index contributed by atoms with van der Waals surface area (Å²) in [7, 11) is 2.01. The number of pyridine rings is 1. The van der Waals surface area contributed by atoms with Gasteiger partial charge in [-0.25, -0.2) is 4.98 Å². The van der Waals surface area contributed by atoms with Gasteiger partial charge in [0.05, 0.1) is 30.5 Å². The second-order valence-electron chi connectivity index (χ2n) is 5.04. The number of hydrogen-bond donors (Lipinski definition) is 0. The predicted molar refractivity (Wildman–Crippen MR) is 79.1 cm³/mol. The molecule has 5 heteroatoms. The highest BCUT2D eigenvalue weighted by Crippen LogP contribution is 2.13. The van der Waals surface area contributed by atoms with Crippen LogP contribution in [0.3, 0.4) is 0 Å². The summed E-state index contributed by atoms with van der Waals surface area (Å²) in [5, 5.41) is 0. The van der Waals surface area contributed by atoms with Crippen molar-refractivity contribution in [1.29, 1.82) is 0 Å². The molecule has 0 aromatic carbocycles. The monoisotopic (exact) mass is 282 g/mol. The van der Waals surface area contributed by atoms with E-state index in [-0.39, 0.29) is 0 Å². The van der Waals surface area contributed by atoms with Gasteiger partial charge in [-0.05, 0) is 24.3 Å². The fourth-order valence-corrected chi connectivity index (χ4v) is 2.28. The molecule has 3 aromatic heterocycles. The van der Waals surface area contributed by atoms with Crippen molar-refractivity contribution in [3.63, 3.8) is 0 Å². The Morgan fingerprint density at radius 1 is 1.14 bits per heavy atom. The zero-order valence-electron chi connectivity index (χ0n) is 12.0. The first-order valence-corrected chi connectivity index (χ1v) is 6.91. The highest BCUT2D eigenvalue weighted by Gasteiger charge is 2.12. The Hall–Kier alpha value is -2.40. The van der Waals surface area contributed by atoms with E-state index in [0.29, 0.717) is 0 Å². The van der Waals surface area contributed by atoms with E-state index in [1.54, 1.807) is 6.26 Å². The molecular weight excluding hydrogens is 264 g/mol. The quantitative estimate of drug-likeness (QED) is 0.697. The minimum Gasteiger partial charge on any atom is -0.468 e. The van der Waals surface area contributed by atoms with Gasteiger partial charge >= 0.3 is 0 Å². The molecule has 3 heterocycles. The fourth-order valence-electron chi connectivity index (χ4n) is 2.28. The van der Waals surface area contributed by atoms with Crippen LogP contribution >= 0.6 is 0 Å². The molecule has 0 radical (unpaired) electrons. The second-order valence-corrected chi connectivity index (χ2v) is 5.04. The summed E-state index contributed by atoms with van der Waals surface area (Å²) in [5.74, 6) is 0.952. The van der Waals surface area contributed by atoms with Crippen molar-refractivity contribution in [2.24, 2.45) is 7.05 Å². The standard InChI is InChI=1S/C16H18N4O/c1-19-13-17-9-15(19)11-20(12-16-6-4-8-21-16)10-14-5-2-3-7-18-14/h2-9,13H,10-12H2,1H3. The maximum Gasteiger partial charge on any atom is 0.117 e. The molecule has 108 valence electrons. The fraction of sp³-hybridized carbons (Fsp3) is 0.250. The smallest absolute Gasteiger partial charge is 0.117 e. The summed E-state index contributed by atoms with van der Waals surface area (Å²) in [6.45, 7) is 2.31. The van der Waals surface area contributed by atoms with Gasteiger partial charge in [0.2, 0.25) is 0 Å². The molecular formula is C16H18N4O. The number of aromatic nitrogens is 3. The van der Waals surface area contributed by atoms with Crippen molar-refractivity contribution in [2.45, 2.75) is 19.6 Å². The van der Waals surface area contributed by atoms with Crippen molar-refractivity contribution in [3.8, 4) is 0 Å². The molecule has 0 amide bonds. The summed E-state index contributed by atoms with van der Waals surface area (Å²) in [4.78, 5) is 10.9. The van der Waals surface area contributed by atoms with E-state index < -0.39 is 0 Å². The van der Waals surface area contributed by atoms with E-state index in [9.17, 15) is 0 Å². The van der Waals surface area contributed by atoms with E-state index in [4.69, 9.17) is 4.42 Å². The van der Waals surface area contributed by atoms with Crippen LogP contribution in [0.25, 0.3) is 0 Å². The van der Waals surface area contributed by atoms with Gasteiger partial charge in [-0.2, -0.15) is 0 Å². The zero-order chi connectivity index (χ0) is 14.5. The van der Waals surface area contributed by atoms with E-state index in [0.717, 1.165) is 36.8 Å². The molecule has 3 rings (SSSR count). The zero-order valence-corrected chi connectivity index (χ0v) is 12.0. The third-order valence-corrected chi connectivity index (χ3v) is 3.37. The van der Waals surface area contributed by atoms with Crippen molar-refractivity contribution in [3.05, 3.63) is 72.5 Å². The molecule has 0 aliphatic heterocycles. The van der Waals surface area contributed by atoms with Crippen LogP contribution in [0.5, 0.6) is 0 Å². The van der Waals surface area contributed by atoms with Crippen molar-refractivity contribution < 1.29 is 4.42 Å². The van der Waals surface area contributed by atoms with Gasteiger partial charge in [-0.15, -0.1) is 0 Å². The Bertz CT molecular complexity index is 661. The van der Waals surface area contributed by atoms with Gasteiger partial charge in [0, 0.05) is 32.5 Å². The minimum absolute atomic E-state index is 0.745. The molecule has 0 saturated carbocycles. The first kappa shape index (κ1) is 13.6. The van der Waals surface area contributed by atoms with Crippen LogP contribution in [0.4, 0.5) is 0 Å². The Morgan fingerprint density at radius 3 is 2.76 bits per heavy atom. The van der Waals surface area contributed by atoms with Gasteiger partial charge in [-0.3, -0.25) is 9.88 Å². The van der Waals surface area contributed by atoms with Crippen LogP contribution < -0.4 is 0 Å². The van der Waals surface area contributed by atoms with Crippen LogP contribution in [0.2, 0.25) is 0 Å². The van der Waals surface area contributed by atoms with Crippen LogP contribution in [0.15, 0.2) is 59.7 Å². The lowest BCUT2D eigenvalue weighted by molar-refractivity contribution is 0.219. The van der Waals surface area contributed by atoms with Gasteiger partial charge in [0.1, 0.15) is 5.76 Å². The lowest BCUT2D eigenvalue weighted by Gasteiger charge is -2.21. The summed E-state index contributed by atoms with van der Waals surface area (Å²) in [5.41, 5.74) is 2.21. The minimum atomic E-state index is 0.745. The van der Waals surface area contributed by atoms with Crippen molar-refractivity contribution in [2.75, 3.05) is 0 Å². The molecule has 0 spiro atoms. The largest absolute Gasteiger partial charge is 0.468 e. The first-order valence-electron chi connectivity index (χ1n) is 6.91.